The second-order valence-corrected chi connectivity index (χ2v) is 5.71. The van der Waals surface area contributed by atoms with Crippen LogP contribution in [0.15, 0.2) is 46.1 Å². The van der Waals surface area contributed by atoms with Gasteiger partial charge in [-0.05, 0) is 24.5 Å². The minimum atomic E-state index is -0.179. The molecular formula is C15H15N5O2S. The number of carbonyl (C=O) groups is 1. The maximum Gasteiger partial charge on any atom is 0.251 e. The van der Waals surface area contributed by atoms with Gasteiger partial charge in [0.25, 0.3) is 5.91 Å². The van der Waals surface area contributed by atoms with E-state index < -0.39 is 0 Å². The Morgan fingerprint density at radius 3 is 3.04 bits per heavy atom. The maximum atomic E-state index is 12.1. The fourth-order valence-corrected chi connectivity index (χ4v) is 2.46. The number of thioether (sulfide) groups is 1. The molecule has 0 radical (unpaired) electrons. The van der Waals surface area contributed by atoms with Crippen molar-refractivity contribution in [2.24, 2.45) is 7.05 Å². The summed E-state index contributed by atoms with van der Waals surface area (Å²) >= 11 is 1.59. The summed E-state index contributed by atoms with van der Waals surface area (Å²) in [7, 11) is 1.81. The van der Waals surface area contributed by atoms with Crippen LogP contribution in [0.4, 0.5) is 0 Å². The Hall–Kier alpha value is -2.61. The van der Waals surface area contributed by atoms with Crippen LogP contribution < -0.4 is 5.32 Å². The number of benzene rings is 1. The predicted octanol–water partition coefficient (Wildman–Crippen LogP) is 2.12. The van der Waals surface area contributed by atoms with Crippen LogP contribution in [0.5, 0.6) is 0 Å². The van der Waals surface area contributed by atoms with Crippen molar-refractivity contribution >= 4 is 17.7 Å². The molecule has 0 aliphatic carbocycles. The second kappa shape index (κ2) is 6.66. The first-order valence-corrected chi connectivity index (χ1v) is 8.12. The van der Waals surface area contributed by atoms with Gasteiger partial charge in [-0.15, -0.1) is 11.8 Å². The van der Waals surface area contributed by atoms with Crippen LogP contribution >= 0.6 is 11.8 Å². The van der Waals surface area contributed by atoms with Crippen LogP contribution in [0, 0.1) is 0 Å². The maximum absolute atomic E-state index is 12.1. The zero-order valence-corrected chi connectivity index (χ0v) is 13.5. The third-order valence-corrected chi connectivity index (χ3v) is 3.89. The van der Waals surface area contributed by atoms with E-state index in [1.807, 2.05) is 31.5 Å². The Balaban J connectivity index is 1.64. The van der Waals surface area contributed by atoms with Crippen molar-refractivity contribution in [1.82, 2.24) is 25.2 Å². The average Bonchev–Trinajstić information content (AvgIpc) is 3.21. The highest BCUT2D eigenvalue weighted by atomic mass is 32.2. The number of hydrogen-bond donors (Lipinski definition) is 1. The summed E-state index contributed by atoms with van der Waals surface area (Å²) < 4.78 is 6.80. The lowest BCUT2D eigenvalue weighted by Crippen LogP contribution is -2.22. The number of aromatic nitrogens is 4. The molecule has 3 aromatic rings. The quantitative estimate of drug-likeness (QED) is 0.722. The lowest BCUT2D eigenvalue weighted by Gasteiger charge is -2.03. The predicted molar refractivity (Wildman–Crippen MR) is 85.9 cm³/mol. The Morgan fingerprint density at radius 1 is 1.43 bits per heavy atom. The number of rotatable bonds is 5. The van der Waals surface area contributed by atoms with Crippen LogP contribution in [0.1, 0.15) is 16.2 Å². The van der Waals surface area contributed by atoms with E-state index in [2.05, 4.69) is 20.6 Å². The highest BCUT2D eigenvalue weighted by Crippen LogP contribution is 2.16. The lowest BCUT2D eigenvalue weighted by atomic mass is 10.2. The van der Waals surface area contributed by atoms with Crippen LogP contribution in [-0.4, -0.2) is 32.1 Å². The monoisotopic (exact) mass is 329 g/mol. The summed E-state index contributed by atoms with van der Waals surface area (Å²) in [6.07, 6.45) is 5.41. The fourth-order valence-electron chi connectivity index (χ4n) is 2.00. The first-order chi connectivity index (χ1) is 11.2. The summed E-state index contributed by atoms with van der Waals surface area (Å²) in [5.41, 5.74) is 1.37. The Labute approximate surface area is 137 Å². The Morgan fingerprint density at radius 2 is 2.30 bits per heavy atom. The van der Waals surface area contributed by atoms with Gasteiger partial charge < -0.3 is 9.84 Å². The van der Waals surface area contributed by atoms with E-state index in [0.29, 0.717) is 17.3 Å². The van der Waals surface area contributed by atoms with E-state index in [1.165, 1.54) is 0 Å². The molecular weight excluding hydrogens is 314 g/mol. The molecule has 23 heavy (non-hydrogen) atoms. The van der Waals surface area contributed by atoms with Crippen molar-refractivity contribution < 1.29 is 9.32 Å². The van der Waals surface area contributed by atoms with Gasteiger partial charge in [-0.1, -0.05) is 11.2 Å². The third-order valence-electron chi connectivity index (χ3n) is 3.16. The van der Waals surface area contributed by atoms with Crippen LogP contribution in [0.3, 0.4) is 0 Å². The molecule has 0 aliphatic rings. The SMILES string of the molecule is CSc1cccc(C(=O)NCc2nc(-c3cnn(C)c3)no2)c1. The molecule has 0 spiro atoms. The molecule has 1 N–H and O–H groups in total. The number of hydrogen-bond acceptors (Lipinski definition) is 6. The van der Waals surface area contributed by atoms with Crippen LogP contribution in [0.25, 0.3) is 11.4 Å². The van der Waals surface area contributed by atoms with Crippen molar-refractivity contribution in [2.75, 3.05) is 6.26 Å². The molecule has 2 aromatic heterocycles. The molecule has 0 aliphatic heterocycles. The highest BCUT2D eigenvalue weighted by molar-refractivity contribution is 7.98. The summed E-state index contributed by atoms with van der Waals surface area (Å²) in [6.45, 7) is 0.176. The number of amides is 1. The van der Waals surface area contributed by atoms with Crippen molar-refractivity contribution in [1.29, 1.82) is 0 Å². The highest BCUT2D eigenvalue weighted by Gasteiger charge is 2.12. The van der Waals surface area contributed by atoms with Crippen LogP contribution in [0.2, 0.25) is 0 Å². The lowest BCUT2D eigenvalue weighted by molar-refractivity contribution is 0.0946. The summed E-state index contributed by atoms with van der Waals surface area (Å²) in [5.74, 6) is 0.618. The standard InChI is InChI=1S/C15H15N5O2S/c1-20-9-11(7-17-20)14-18-13(22-19-14)8-16-15(21)10-4-3-5-12(6-10)23-2/h3-7,9H,8H2,1-2H3,(H,16,21). The largest absolute Gasteiger partial charge is 0.343 e. The van der Waals surface area contributed by atoms with Crippen molar-refractivity contribution in [2.45, 2.75) is 11.4 Å². The van der Waals surface area contributed by atoms with E-state index in [4.69, 9.17) is 4.52 Å². The topological polar surface area (TPSA) is 85.8 Å². The number of aryl methyl sites for hydroxylation is 1. The van der Waals surface area contributed by atoms with E-state index in [0.717, 1.165) is 10.5 Å². The molecule has 2 heterocycles. The molecule has 118 valence electrons. The van der Waals surface area contributed by atoms with E-state index in [1.54, 1.807) is 34.9 Å². The Bertz CT molecular complexity index is 827. The smallest absolute Gasteiger partial charge is 0.251 e. The number of nitrogens with zero attached hydrogens (tertiary/aromatic N) is 4. The minimum absolute atomic E-state index is 0.176. The summed E-state index contributed by atoms with van der Waals surface area (Å²) in [5, 5.41) is 10.7. The van der Waals surface area contributed by atoms with Gasteiger partial charge in [0.05, 0.1) is 18.3 Å². The minimum Gasteiger partial charge on any atom is -0.343 e. The molecule has 1 amide bonds. The van der Waals surface area contributed by atoms with Gasteiger partial charge in [0.1, 0.15) is 0 Å². The zero-order chi connectivity index (χ0) is 16.2. The third kappa shape index (κ3) is 3.59. The van der Waals surface area contributed by atoms with Gasteiger partial charge in [-0.2, -0.15) is 10.1 Å². The van der Waals surface area contributed by atoms with Gasteiger partial charge in [0, 0.05) is 23.7 Å². The van der Waals surface area contributed by atoms with Gasteiger partial charge in [0.15, 0.2) is 0 Å². The van der Waals surface area contributed by atoms with Gasteiger partial charge >= 0.3 is 0 Å². The molecule has 1 aromatic carbocycles. The van der Waals surface area contributed by atoms with Crippen molar-refractivity contribution in [3.8, 4) is 11.4 Å². The molecule has 0 unspecified atom stereocenters. The average molecular weight is 329 g/mol. The van der Waals surface area contributed by atoms with Gasteiger partial charge in [-0.3, -0.25) is 9.48 Å². The Kier molecular flexibility index (Phi) is 4.42. The van der Waals surface area contributed by atoms with Crippen molar-refractivity contribution in [3.05, 3.63) is 48.1 Å². The van der Waals surface area contributed by atoms with Gasteiger partial charge in [-0.25, -0.2) is 0 Å². The van der Waals surface area contributed by atoms with E-state index in [-0.39, 0.29) is 12.5 Å². The second-order valence-electron chi connectivity index (χ2n) is 4.83. The van der Waals surface area contributed by atoms with Crippen molar-refractivity contribution in [3.63, 3.8) is 0 Å². The van der Waals surface area contributed by atoms with E-state index >= 15 is 0 Å². The molecule has 0 saturated carbocycles. The first-order valence-electron chi connectivity index (χ1n) is 6.89. The first kappa shape index (κ1) is 15.3. The van der Waals surface area contributed by atoms with E-state index in [9.17, 15) is 4.79 Å². The normalized spacial score (nSPS) is 10.7. The molecule has 7 nitrogen and oxygen atoms in total. The molecule has 0 fully saturated rings. The molecule has 3 rings (SSSR count). The summed E-state index contributed by atoms with van der Waals surface area (Å²) in [6, 6.07) is 7.42. The molecule has 0 bridgehead atoms. The van der Waals surface area contributed by atoms with Crippen LogP contribution in [-0.2, 0) is 13.6 Å². The molecule has 0 saturated heterocycles. The number of carbonyl (C=O) groups excluding carboxylic acids is 1. The zero-order valence-electron chi connectivity index (χ0n) is 12.7. The number of nitrogens with one attached hydrogen (secondary N) is 1. The summed E-state index contributed by atoms with van der Waals surface area (Å²) in [4.78, 5) is 17.4. The molecule has 0 atom stereocenters. The molecule has 8 heteroatoms. The fraction of sp³-hybridized carbons (Fsp3) is 0.200. The van der Waals surface area contributed by atoms with Gasteiger partial charge in [0.2, 0.25) is 11.7 Å².